The van der Waals surface area contributed by atoms with Crippen LogP contribution in [-0.4, -0.2) is 66.6 Å². The van der Waals surface area contributed by atoms with Crippen LogP contribution in [0.15, 0.2) is 24.3 Å². The number of rotatable bonds is 4. The Morgan fingerprint density at radius 1 is 1.16 bits per heavy atom. The molecule has 0 bridgehead atoms. The highest BCUT2D eigenvalue weighted by atomic mass is 35.5. The highest BCUT2D eigenvalue weighted by Crippen LogP contribution is 2.15. The molecule has 2 amide bonds. The standard InChI is InChI=1S/C16H19ClF3N3O2/c1-11(14(24)21-10-16(18,19)20)22-6-8-23(9-7-22)15(25)12-2-4-13(17)5-3-12/h2-5,11H,6-10H2,1H3,(H,21,24). The molecule has 1 unspecified atom stereocenters. The molecule has 1 aromatic rings. The van der Waals surface area contributed by atoms with Gasteiger partial charge in [-0.05, 0) is 31.2 Å². The van der Waals surface area contributed by atoms with Gasteiger partial charge in [0.2, 0.25) is 5.91 Å². The maximum absolute atomic E-state index is 12.4. The molecule has 1 atom stereocenters. The summed E-state index contributed by atoms with van der Waals surface area (Å²) in [4.78, 5) is 27.6. The summed E-state index contributed by atoms with van der Waals surface area (Å²) in [5.41, 5.74) is 0.522. The van der Waals surface area contributed by atoms with E-state index in [4.69, 9.17) is 11.6 Å². The molecule has 0 spiro atoms. The monoisotopic (exact) mass is 377 g/mol. The lowest BCUT2D eigenvalue weighted by atomic mass is 10.1. The molecule has 138 valence electrons. The number of halogens is 4. The summed E-state index contributed by atoms with van der Waals surface area (Å²) in [6, 6.07) is 5.88. The number of carbonyl (C=O) groups is 2. The van der Waals surface area contributed by atoms with Crippen molar-refractivity contribution in [2.24, 2.45) is 0 Å². The Labute approximate surface area is 148 Å². The van der Waals surface area contributed by atoms with Gasteiger partial charge < -0.3 is 10.2 Å². The van der Waals surface area contributed by atoms with Crippen LogP contribution in [-0.2, 0) is 4.79 Å². The van der Waals surface area contributed by atoms with E-state index in [-0.39, 0.29) is 5.91 Å². The van der Waals surface area contributed by atoms with Gasteiger partial charge in [0.05, 0.1) is 6.04 Å². The molecule has 1 N–H and O–H groups in total. The zero-order valence-corrected chi connectivity index (χ0v) is 14.4. The zero-order chi connectivity index (χ0) is 18.6. The van der Waals surface area contributed by atoms with Crippen molar-refractivity contribution in [3.05, 3.63) is 34.9 Å². The van der Waals surface area contributed by atoms with E-state index in [9.17, 15) is 22.8 Å². The van der Waals surface area contributed by atoms with Crippen LogP contribution >= 0.6 is 11.6 Å². The first-order chi connectivity index (χ1) is 11.7. The molecule has 1 fully saturated rings. The zero-order valence-electron chi connectivity index (χ0n) is 13.6. The molecule has 1 heterocycles. The number of alkyl halides is 3. The van der Waals surface area contributed by atoms with E-state index in [0.29, 0.717) is 36.8 Å². The lowest BCUT2D eigenvalue weighted by molar-refractivity contribution is -0.141. The third kappa shape index (κ3) is 5.61. The van der Waals surface area contributed by atoms with Gasteiger partial charge in [0, 0.05) is 36.8 Å². The fraction of sp³-hybridized carbons (Fsp3) is 0.500. The van der Waals surface area contributed by atoms with E-state index in [1.165, 1.54) is 0 Å². The summed E-state index contributed by atoms with van der Waals surface area (Å²) in [6.07, 6.45) is -4.43. The van der Waals surface area contributed by atoms with Gasteiger partial charge in [-0.25, -0.2) is 0 Å². The fourth-order valence-corrected chi connectivity index (χ4v) is 2.71. The van der Waals surface area contributed by atoms with Crippen LogP contribution in [0.4, 0.5) is 13.2 Å². The van der Waals surface area contributed by atoms with Crippen LogP contribution < -0.4 is 5.32 Å². The molecule has 1 aromatic carbocycles. The van der Waals surface area contributed by atoms with Crippen LogP contribution in [0, 0.1) is 0 Å². The third-order valence-electron chi connectivity index (χ3n) is 4.08. The second-order valence-corrected chi connectivity index (χ2v) is 6.28. The predicted octanol–water partition coefficient (Wildman–Crippen LogP) is 2.16. The lowest BCUT2D eigenvalue weighted by Gasteiger charge is -2.37. The molecule has 2 rings (SSSR count). The molecule has 0 radical (unpaired) electrons. The molecular weight excluding hydrogens is 359 g/mol. The van der Waals surface area contributed by atoms with Gasteiger partial charge in [-0.15, -0.1) is 0 Å². The first-order valence-corrected chi connectivity index (χ1v) is 8.18. The number of benzene rings is 1. The molecule has 25 heavy (non-hydrogen) atoms. The van der Waals surface area contributed by atoms with E-state index < -0.39 is 24.7 Å². The molecule has 9 heteroatoms. The van der Waals surface area contributed by atoms with Crippen LogP contribution in [0.1, 0.15) is 17.3 Å². The smallest absolute Gasteiger partial charge is 0.346 e. The van der Waals surface area contributed by atoms with Crippen molar-refractivity contribution < 1.29 is 22.8 Å². The Kier molecular flexibility index (Phi) is 6.29. The highest BCUT2D eigenvalue weighted by Gasteiger charge is 2.31. The third-order valence-corrected chi connectivity index (χ3v) is 4.33. The van der Waals surface area contributed by atoms with Crippen LogP contribution in [0.25, 0.3) is 0 Å². The van der Waals surface area contributed by atoms with Crippen molar-refractivity contribution in [2.75, 3.05) is 32.7 Å². The topological polar surface area (TPSA) is 52.7 Å². The van der Waals surface area contributed by atoms with Crippen LogP contribution in [0.2, 0.25) is 5.02 Å². The molecular formula is C16H19ClF3N3O2. The summed E-state index contributed by atoms with van der Waals surface area (Å²) >= 11 is 5.80. The van der Waals surface area contributed by atoms with Gasteiger partial charge in [-0.2, -0.15) is 13.2 Å². The minimum atomic E-state index is -4.43. The van der Waals surface area contributed by atoms with Crippen molar-refractivity contribution in [1.29, 1.82) is 0 Å². The second kappa shape index (κ2) is 8.05. The van der Waals surface area contributed by atoms with Gasteiger partial charge in [0.25, 0.3) is 5.91 Å². The molecule has 5 nitrogen and oxygen atoms in total. The number of hydrogen-bond acceptors (Lipinski definition) is 3. The fourth-order valence-electron chi connectivity index (χ4n) is 2.59. The maximum Gasteiger partial charge on any atom is 0.405 e. The predicted molar refractivity (Wildman–Crippen MR) is 87.5 cm³/mol. The quantitative estimate of drug-likeness (QED) is 0.875. The number of piperazine rings is 1. The molecule has 0 saturated carbocycles. The van der Waals surface area contributed by atoms with Crippen molar-refractivity contribution in [3.8, 4) is 0 Å². The van der Waals surface area contributed by atoms with Crippen LogP contribution in [0.3, 0.4) is 0 Å². The Morgan fingerprint density at radius 2 is 1.72 bits per heavy atom. The van der Waals surface area contributed by atoms with Gasteiger partial charge in [-0.1, -0.05) is 11.6 Å². The van der Waals surface area contributed by atoms with E-state index >= 15 is 0 Å². The Balaban J connectivity index is 1.85. The average molecular weight is 378 g/mol. The van der Waals surface area contributed by atoms with Gasteiger partial charge in [-0.3, -0.25) is 14.5 Å². The molecule has 1 saturated heterocycles. The summed E-state index contributed by atoms with van der Waals surface area (Å²) in [7, 11) is 0. The maximum atomic E-state index is 12.4. The average Bonchev–Trinajstić information content (AvgIpc) is 2.58. The van der Waals surface area contributed by atoms with E-state index in [1.54, 1.807) is 41.0 Å². The van der Waals surface area contributed by atoms with Gasteiger partial charge in [0.15, 0.2) is 0 Å². The summed E-state index contributed by atoms with van der Waals surface area (Å²) < 4.78 is 36.5. The SMILES string of the molecule is CC(C(=O)NCC(F)(F)F)N1CCN(C(=O)c2ccc(Cl)cc2)CC1. The second-order valence-electron chi connectivity index (χ2n) is 5.84. The van der Waals surface area contributed by atoms with Gasteiger partial charge >= 0.3 is 6.18 Å². The summed E-state index contributed by atoms with van der Waals surface area (Å²) in [6.45, 7) is 1.85. The van der Waals surface area contributed by atoms with E-state index in [0.717, 1.165) is 0 Å². The van der Waals surface area contributed by atoms with Crippen molar-refractivity contribution in [3.63, 3.8) is 0 Å². The van der Waals surface area contributed by atoms with Crippen molar-refractivity contribution in [1.82, 2.24) is 15.1 Å². The molecule has 0 aromatic heterocycles. The molecule has 0 aliphatic carbocycles. The highest BCUT2D eigenvalue weighted by molar-refractivity contribution is 6.30. The minimum Gasteiger partial charge on any atom is -0.346 e. The first kappa shape index (κ1) is 19.5. The van der Waals surface area contributed by atoms with E-state index in [1.807, 2.05) is 5.32 Å². The number of amides is 2. The van der Waals surface area contributed by atoms with Gasteiger partial charge in [0.1, 0.15) is 6.54 Å². The summed E-state index contributed by atoms with van der Waals surface area (Å²) in [5, 5.41) is 2.43. The Morgan fingerprint density at radius 3 is 2.24 bits per heavy atom. The van der Waals surface area contributed by atoms with E-state index in [2.05, 4.69) is 0 Å². The Bertz CT molecular complexity index is 614. The number of hydrogen-bond donors (Lipinski definition) is 1. The largest absolute Gasteiger partial charge is 0.405 e. The number of carbonyl (C=O) groups excluding carboxylic acids is 2. The molecule has 1 aliphatic rings. The minimum absolute atomic E-state index is 0.134. The Hall–Kier alpha value is -1.80. The van der Waals surface area contributed by atoms with Crippen molar-refractivity contribution >= 4 is 23.4 Å². The number of nitrogens with one attached hydrogen (secondary N) is 1. The summed E-state index contributed by atoms with van der Waals surface area (Å²) in [5.74, 6) is -0.805. The first-order valence-electron chi connectivity index (χ1n) is 7.81. The lowest BCUT2D eigenvalue weighted by Crippen LogP contribution is -2.55. The van der Waals surface area contributed by atoms with Crippen molar-refractivity contribution in [2.45, 2.75) is 19.1 Å². The molecule has 1 aliphatic heterocycles. The normalized spacial score (nSPS) is 17.2. The van der Waals surface area contributed by atoms with Crippen LogP contribution in [0.5, 0.6) is 0 Å². The number of nitrogens with zero attached hydrogens (tertiary/aromatic N) is 2.